The lowest BCUT2D eigenvalue weighted by Crippen LogP contribution is -2.06. The van der Waals surface area contributed by atoms with E-state index in [0.717, 1.165) is 24.1 Å². The van der Waals surface area contributed by atoms with Crippen LogP contribution in [0, 0.1) is 0 Å². The highest BCUT2D eigenvalue weighted by Gasteiger charge is 2.07. The molecule has 0 aliphatic carbocycles. The van der Waals surface area contributed by atoms with E-state index in [1.807, 2.05) is 30.3 Å². The molecule has 0 aliphatic rings. The third-order valence-corrected chi connectivity index (χ3v) is 3.52. The van der Waals surface area contributed by atoms with Crippen LogP contribution in [0.15, 0.2) is 59.0 Å². The van der Waals surface area contributed by atoms with Crippen molar-refractivity contribution in [2.75, 3.05) is 11.9 Å². The van der Waals surface area contributed by atoms with Gasteiger partial charge in [0.2, 0.25) is 0 Å². The highest BCUT2D eigenvalue weighted by molar-refractivity contribution is 5.74. The maximum Gasteiger partial charge on any atom is 0.295 e. The second kappa shape index (κ2) is 5.78. The van der Waals surface area contributed by atoms with Gasteiger partial charge in [-0.1, -0.05) is 49.4 Å². The van der Waals surface area contributed by atoms with Gasteiger partial charge in [-0.2, -0.15) is 4.98 Å². The van der Waals surface area contributed by atoms with Crippen LogP contribution < -0.4 is 5.32 Å². The molecule has 0 bridgehead atoms. The van der Waals surface area contributed by atoms with Crippen molar-refractivity contribution in [1.29, 1.82) is 0 Å². The summed E-state index contributed by atoms with van der Waals surface area (Å²) in [5, 5.41) is 3.26. The molecule has 1 heterocycles. The minimum absolute atomic E-state index is 0.521. The molecule has 0 fully saturated rings. The summed E-state index contributed by atoms with van der Waals surface area (Å²) >= 11 is 0. The monoisotopic (exact) mass is 266 g/mol. The van der Waals surface area contributed by atoms with Gasteiger partial charge in [0.05, 0.1) is 0 Å². The normalized spacial score (nSPS) is 12.4. The first-order valence-corrected chi connectivity index (χ1v) is 6.97. The molecule has 20 heavy (non-hydrogen) atoms. The molecule has 1 N–H and O–H groups in total. The molecule has 0 spiro atoms. The first-order valence-electron chi connectivity index (χ1n) is 6.97. The number of hydrogen-bond donors (Lipinski definition) is 1. The van der Waals surface area contributed by atoms with Crippen molar-refractivity contribution in [2.24, 2.45) is 0 Å². The lowest BCUT2D eigenvalue weighted by atomic mass is 9.98. The first-order chi connectivity index (χ1) is 9.83. The number of nitrogens with one attached hydrogen (secondary N) is 1. The van der Waals surface area contributed by atoms with Crippen LogP contribution in [0.2, 0.25) is 0 Å². The van der Waals surface area contributed by atoms with Gasteiger partial charge in [-0.3, -0.25) is 0 Å². The Morgan fingerprint density at radius 3 is 2.60 bits per heavy atom. The maximum absolute atomic E-state index is 5.63. The Labute approximate surface area is 118 Å². The Kier molecular flexibility index (Phi) is 3.68. The average Bonchev–Trinajstić information content (AvgIpc) is 2.90. The van der Waals surface area contributed by atoms with Gasteiger partial charge in [0.15, 0.2) is 5.58 Å². The van der Waals surface area contributed by atoms with Gasteiger partial charge in [0, 0.05) is 6.54 Å². The highest BCUT2D eigenvalue weighted by atomic mass is 16.4. The molecule has 0 radical (unpaired) electrons. The smallest absolute Gasteiger partial charge is 0.295 e. The van der Waals surface area contributed by atoms with Crippen molar-refractivity contribution in [3.05, 3.63) is 60.2 Å². The first kappa shape index (κ1) is 12.7. The highest BCUT2D eigenvalue weighted by Crippen LogP contribution is 2.20. The number of fused-ring (bicyclic) bond motifs is 1. The molecule has 2 aromatic carbocycles. The van der Waals surface area contributed by atoms with Crippen LogP contribution in [-0.4, -0.2) is 11.5 Å². The summed E-state index contributed by atoms with van der Waals surface area (Å²) < 4.78 is 5.63. The molecule has 1 atom stereocenters. The van der Waals surface area contributed by atoms with Crippen LogP contribution in [0.25, 0.3) is 11.1 Å². The van der Waals surface area contributed by atoms with E-state index in [0.29, 0.717) is 11.9 Å². The van der Waals surface area contributed by atoms with E-state index in [9.17, 15) is 0 Å². The summed E-state index contributed by atoms with van der Waals surface area (Å²) in [7, 11) is 0. The molecule has 3 aromatic rings. The topological polar surface area (TPSA) is 38.1 Å². The van der Waals surface area contributed by atoms with Gasteiger partial charge in [-0.05, 0) is 30.0 Å². The zero-order chi connectivity index (χ0) is 13.8. The summed E-state index contributed by atoms with van der Waals surface area (Å²) in [6.07, 6.45) is 1.04. The van der Waals surface area contributed by atoms with Gasteiger partial charge < -0.3 is 9.73 Å². The van der Waals surface area contributed by atoms with Crippen LogP contribution in [0.4, 0.5) is 6.01 Å². The molecule has 0 saturated carbocycles. The third-order valence-electron chi connectivity index (χ3n) is 3.52. The van der Waals surface area contributed by atoms with E-state index in [-0.39, 0.29) is 0 Å². The van der Waals surface area contributed by atoms with Crippen molar-refractivity contribution < 1.29 is 4.42 Å². The quantitative estimate of drug-likeness (QED) is 0.742. The van der Waals surface area contributed by atoms with Crippen LogP contribution in [0.5, 0.6) is 0 Å². The predicted molar refractivity (Wildman–Crippen MR) is 82.0 cm³/mol. The van der Waals surface area contributed by atoms with E-state index in [1.165, 1.54) is 5.56 Å². The summed E-state index contributed by atoms with van der Waals surface area (Å²) in [6, 6.07) is 19.0. The molecule has 3 rings (SSSR count). The third kappa shape index (κ3) is 2.82. The number of benzene rings is 2. The van der Waals surface area contributed by atoms with Gasteiger partial charge >= 0.3 is 0 Å². The van der Waals surface area contributed by atoms with Crippen LogP contribution >= 0.6 is 0 Å². The second-order valence-electron chi connectivity index (χ2n) is 5.01. The lowest BCUT2D eigenvalue weighted by Gasteiger charge is -2.11. The van der Waals surface area contributed by atoms with E-state index in [2.05, 4.69) is 41.5 Å². The maximum atomic E-state index is 5.63. The Hall–Kier alpha value is -2.29. The molecular formula is C17H18N2O. The van der Waals surface area contributed by atoms with Gasteiger partial charge in [-0.15, -0.1) is 0 Å². The van der Waals surface area contributed by atoms with E-state index in [4.69, 9.17) is 4.42 Å². The van der Waals surface area contributed by atoms with Crippen molar-refractivity contribution in [1.82, 2.24) is 4.98 Å². The summed E-state index contributed by atoms with van der Waals surface area (Å²) in [4.78, 5) is 4.40. The second-order valence-corrected chi connectivity index (χ2v) is 5.01. The molecule has 3 nitrogen and oxygen atoms in total. The van der Waals surface area contributed by atoms with E-state index in [1.54, 1.807) is 0 Å². The fraction of sp³-hybridized carbons (Fsp3) is 0.235. The number of hydrogen-bond acceptors (Lipinski definition) is 3. The Morgan fingerprint density at radius 1 is 1.05 bits per heavy atom. The molecule has 0 saturated heterocycles. The number of anilines is 1. The minimum Gasteiger partial charge on any atom is -0.424 e. The fourth-order valence-electron chi connectivity index (χ4n) is 2.29. The predicted octanol–water partition coefficient (Wildman–Crippen LogP) is 4.43. The number of para-hydroxylation sites is 2. The van der Waals surface area contributed by atoms with Gasteiger partial charge in [-0.25, -0.2) is 0 Å². The zero-order valence-electron chi connectivity index (χ0n) is 11.5. The van der Waals surface area contributed by atoms with Crippen LogP contribution in [0.1, 0.15) is 24.8 Å². The number of rotatable bonds is 5. The standard InChI is InChI=1S/C17H18N2O/c1-13(14-7-3-2-4-8-14)11-12-18-17-19-15-9-5-6-10-16(15)20-17/h2-10,13H,11-12H2,1H3,(H,18,19). The summed E-state index contributed by atoms with van der Waals surface area (Å²) in [5.41, 5.74) is 3.09. The minimum atomic E-state index is 0.521. The van der Waals surface area contributed by atoms with Gasteiger partial charge in [0.25, 0.3) is 6.01 Å². The van der Waals surface area contributed by atoms with Crippen molar-refractivity contribution in [3.63, 3.8) is 0 Å². The Morgan fingerprint density at radius 2 is 1.80 bits per heavy atom. The average molecular weight is 266 g/mol. The summed E-state index contributed by atoms with van der Waals surface area (Å²) in [6.45, 7) is 3.09. The Balaban J connectivity index is 1.57. The van der Waals surface area contributed by atoms with Crippen molar-refractivity contribution >= 4 is 17.1 Å². The van der Waals surface area contributed by atoms with Crippen molar-refractivity contribution in [2.45, 2.75) is 19.3 Å². The van der Waals surface area contributed by atoms with Crippen LogP contribution in [-0.2, 0) is 0 Å². The lowest BCUT2D eigenvalue weighted by molar-refractivity contribution is 0.605. The number of aromatic nitrogens is 1. The molecule has 1 unspecified atom stereocenters. The number of nitrogens with zero attached hydrogens (tertiary/aromatic N) is 1. The van der Waals surface area contributed by atoms with E-state index >= 15 is 0 Å². The largest absolute Gasteiger partial charge is 0.424 e. The molecule has 102 valence electrons. The van der Waals surface area contributed by atoms with E-state index < -0.39 is 0 Å². The summed E-state index contributed by atoms with van der Waals surface area (Å²) in [5.74, 6) is 0.521. The van der Waals surface area contributed by atoms with Crippen LogP contribution in [0.3, 0.4) is 0 Å². The SMILES string of the molecule is CC(CCNc1nc2ccccc2o1)c1ccccc1. The molecule has 0 aliphatic heterocycles. The van der Waals surface area contributed by atoms with Crippen molar-refractivity contribution in [3.8, 4) is 0 Å². The Bertz CT molecular complexity index is 643. The molecular weight excluding hydrogens is 248 g/mol. The number of oxazole rings is 1. The zero-order valence-corrected chi connectivity index (χ0v) is 11.5. The molecule has 3 heteroatoms. The fourth-order valence-corrected chi connectivity index (χ4v) is 2.29. The molecule has 1 aromatic heterocycles. The van der Waals surface area contributed by atoms with Gasteiger partial charge in [0.1, 0.15) is 5.52 Å². The molecule has 0 amide bonds.